The molecule has 0 radical (unpaired) electrons. The fourth-order valence-electron chi connectivity index (χ4n) is 2.66. The van der Waals surface area contributed by atoms with Crippen LogP contribution < -0.4 is 16.4 Å². The van der Waals surface area contributed by atoms with Gasteiger partial charge < -0.3 is 21.5 Å². The first-order valence-electron chi connectivity index (χ1n) is 9.13. The first-order chi connectivity index (χ1) is 14.8. The number of aliphatic hydroxyl groups is 1. The van der Waals surface area contributed by atoms with Gasteiger partial charge in [0, 0.05) is 24.5 Å². The molecule has 0 aliphatic carbocycles. The number of aromatic nitrogens is 3. The van der Waals surface area contributed by atoms with Crippen LogP contribution in [0.3, 0.4) is 0 Å². The van der Waals surface area contributed by atoms with Crippen LogP contribution in [0.25, 0.3) is 11.3 Å². The van der Waals surface area contributed by atoms with Crippen LogP contribution in [0.5, 0.6) is 0 Å². The lowest BCUT2D eigenvalue weighted by atomic mass is 10.1. The van der Waals surface area contributed by atoms with E-state index in [9.17, 15) is 18.0 Å². The van der Waals surface area contributed by atoms with E-state index in [-0.39, 0.29) is 12.5 Å². The highest BCUT2D eigenvalue weighted by atomic mass is 19.4. The zero-order valence-electron chi connectivity index (χ0n) is 16.1. The summed E-state index contributed by atoms with van der Waals surface area (Å²) in [6.45, 7) is -0.547. The van der Waals surface area contributed by atoms with Crippen LogP contribution in [0.4, 0.5) is 24.9 Å². The van der Waals surface area contributed by atoms with Gasteiger partial charge in [-0.25, -0.2) is 4.98 Å². The first-order valence-corrected chi connectivity index (χ1v) is 9.13. The number of nitrogens with zero attached hydrogens (tertiary/aromatic N) is 3. The van der Waals surface area contributed by atoms with Gasteiger partial charge in [-0.15, -0.1) is 0 Å². The number of rotatable bonds is 8. The molecule has 2 aromatic heterocycles. The van der Waals surface area contributed by atoms with E-state index in [1.165, 1.54) is 0 Å². The Morgan fingerprint density at radius 1 is 1.13 bits per heavy atom. The maximum Gasteiger partial charge on any atom is 0.421 e. The molecule has 1 atom stereocenters. The summed E-state index contributed by atoms with van der Waals surface area (Å²) in [4.78, 5) is 23.0. The fourth-order valence-corrected chi connectivity index (χ4v) is 2.66. The van der Waals surface area contributed by atoms with E-state index in [1.54, 1.807) is 6.20 Å². The molecule has 3 aromatic rings. The number of alkyl halides is 3. The maximum absolute atomic E-state index is 13.2. The number of primary amides is 1. The molecule has 0 aliphatic rings. The number of hydrogen-bond donors (Lipinski definition) is 4. The number of nitrogens with two attached hydrogens (primary N) is 1. The van der Waals surface area contributed by atoms with Gasteiger partial charge in [-0.2, -0.15) is 18.2 Å². The van der Waals surface area contributed by atoms with Crippen LogP contribution in [0, 0.1) is 0 Å². The van der Waals surface area contributed by atoms with Gasteiger partial charge in [-0.3, -0.25) is 9.78 Å². The minimum absolute atomic E-state index is 0.0922. The van der Waals surface area contributed by atoms with Crippen molar-refractivity contribution < 1.29 is 23.1 Å². The SMILES string of the molecule is NC(=O)[C@@H](CO)Nc1nc(NCc2ccc(-c3ccccn3)cc2)ncc1C(F)(F)F. The minimum atomic E-state index is -4.76. The number of carbonyl (C=O) groups is 1. The van der Waals surface area contributed by atoms with Gasteiger partial charge in [0.2, 0.25) is 11.9 Å². The normalized spacial score (nSPS) is 12.3. The van der Waals surface area contributed by atoms with E-state index >= 15 is 0 Å². The second-order valence-electron chi connectivity index (χ2n) is 6.50. The van der Waals surface area contributed by atoms with Crippen molar-refractivity contribution in [2.24, 2.45) is 5.73 Å². The Morgan fingerprint density at radius 2 is 1.87 bits per heavy atom. The predicted octanol–water partition coefficient (Wildman–Crippen LogP) is 2.43. The third-order valence-electron chi connectivity index (χ3n) is 4.30. The third-order valence-corrected chi connectivity index (χ3v) is 4.30. The molecular formula is C20H19F3N6O2. The lowest BCUT2D eigenvalue weighted by Gasteiger charge is -2.18. The average molecular weight is 432 g/mol. The van der Waals surface area contributed by atoms with Gasteiger partial charge >= 0.3 is 6.18 Å². The van der Waals surface area contributed by atoms with E-state index in [2.05, 4.69) is 25.6 Å². The Balaban J connectivity index is 1.75. The number of anilines is 2. The second kappa shape index (κ2) is 9.39. The van der Waals surface area contributed by atoms with Crippen LogP contribution in [0.2, 0.25) is 0 Å². The van der Waals surface area contributed by atoms with Crippen molar-refractivity contribution in [2.45, 2.75) is 18.8 Å². The van der Waals surface area contributed by atoms with Gasteiger partial charge in [0.05, 0.1) is 12.3 Å². The number of benzene rings is 1. The molecule has 31 heavy (non-hydrogen) atoms. The molecule has 1 aromatic carbocycles. The summed E-state index contributed by atoms with van der Waals surface area (Å²) in [5.41, 5.74) is 6.46. The highest BCUT2D eigenvalue weighted by molar-refractivity contribution is 5.83. The maximum atomic E-state index is 13.2. The monoisotopic (exact) mass is 432 g/mol. The van der Waals surface area contributed by atoms with Crippen molar-refractivity contribution in [3.63, 3.8) is 0 Å². The first kappa shape index (κ1) is 22.0. The Labute approximate surface area is 175 Å². The summed E-state index contributed by atoms with van der Waals surface area (Å²) in [5, 5.41) is 14.2. The molecule has 0 aliphatic heterocycles. The number of halogens is 3. The van der Waals surface area contributed by atoms with Gasteiger partial charge in [0.25, 0.3) is 0 Å². The molecule has 162 valence electrons. The van der Waals surface area contributed by atoms with Crippen LogP contribution in [-0.4, -0.2) is 38.6 Å². The molecule has 2 heterocycles. The van der Waals surface area contributed by atoms with E-state index < -0.39 is 36.1 Å². The molecule has 3 rings (SSSR count). The molecule has 8 nitrogen and oxygen atoms in total. The molecule has 0 unspecified atom stereocenters. The van der Waals surface area contributed by atoms with Crippen molar-refractivity contribution >= 4 is 17.7 Å². The lowest BCUT2D eigenvalue weighted by molar-refractivity contribution is -0.137. The van der Waals surface area contributed by atoms with E-state index in [0.29, 0.717) is 6.20 Å². The lowest BCUT2D eigenvalue weighted by Crippen LogP contribution is -2.39. The Morgan fingerprint density at radius 3 is 2.45 bits per heavy atom. The second-order valence-corrected chi connectivity index (χ2v) is 6.50. The molecule has 0 saturated carbocycles. The summed E-state index contributed by atoms with van der Waals surface area (Å²) < 4.78 is 39.7. The number of hydrogen-bond acceptors (Lipinski definition) is 7. The van der Waals surface area contributed by atoms with E-state index in [1.807, 2.05) is 42.5 Å². The number of amides is 1. The highest BCUT2D eigenvalue weighted by Crippen LogP contribution is 2.34. The molecular weight excluding hydrogens is 413 g/mol. The van der Waals surface area contributed by atoms with Crippen LogP contribution >= 0.6 is 0 Å². The smallest absolute Gasteiger partial charge is 0.394 e. The molecule has 1 amide bonds. The van der Waals surface area contributed by atoms with Crippen molar-refractivity contribution in [3.05, 3.63) is 66.0 Å². The Kier molecular flexibility index (Phi) is 6.65. The summed E-state index contributed by atoms with van der Waals surface area (Å²) in [7, 11) is 0. The third kappa shape index (κ3) is 5.66. The van der Waals surface area contributed by atoms with Crippen molar-refractivity contribution in [3.8, 4) is 11.3 Å². The van der Waals surface area contributed by atoms with Crippen LogP contribution in [0.15, 0.2) is 54.9 Å². The van der Waals surface area contributed by atoms with Crippen molar-refractivity contribution in [2.75, 3.05) is 17.2 Å². The minimum Gasteiger partial charge on any atom is -0.394 e. The number of pyridine rings is 1. The summed E-state index contributed by atoms with van der Waals surface area (Å²) in [6, 6.07) is 11.6. The quantitative estimate of drug-likeness (QED) is 0.431. The van der Waals surface area contributed by atoms with Gasteiger partial charge in [-0.1, -0.05) is 30.3 Å². The Hall–Kier alpha value is -3.73. The van der Waals surface area contributed by atoms with Crippen LogP contribution in [0.1, 0.15) is 11.1 Å². The molecule has 0 spiro atoms. The average Bonchev–Trinajstić information content (AvgIpc) is 2.76. The molecule has 0 fully saturated rings. The summed E-state index contributed by atoms with van der Waals surface area (Å²) >= 11 is 0. The van der Waals surface area contributed by atoms with Crippen molar-refractivity contribution in [1.29, 1.82) is 0 Å². The molecule has 11 heteroatoms. The number of nitrogens with one attached hydrogen (secondary N) is 2. The fraction of sp³-hybridized carbons (Fsp3) is 0.200. The summed E-state index contributed by atoms with van der Waals surface area (Å²) in [5.74, 6) is -1.77. The highest BCUT2D eigenvalue weighted by Gasteiger charge is 2.36. The number of carbonyl (C=O) groups excluding carboxylic acids is 1. The van der Waals surface area contributed by atoms with Crippen LogP contribution in [-0.2, 0) is 17.5 Å². The summed E-state index contributed by atoms with van der Waals surface area (Å²) in [6.07, 6.45) is -2.48. The standard InChI is InChI=1S/C20H19F3N6O2/c21-20(22,23)14-10-27-19(29-18(14)28-16(11-30)17(24)31)26-9-12-4-6-13(7-5-12)15-3-1-2-8-25-15/h1-8,10,16,30H,9,11H2,(H2,24,31)(H2,26,27,28,29)/t16-/m1/s1. The molecule has 0 saturated heterocycles. The largest absolute Gasteiger partial charge is 0.421 e. The van der Waals surface area contributed by atoms with E-state index in [4.69, 9.17) is 10.8 Å². The number of aliphatic hydroxyl groups excluding tert-OH is 1. The van der Waals surface area contributed by atoms with Crippen molar-refractivity contribution in [1.82, 2.24) is 15.0 Å². The van der Waals surface area contributed by atoms with Gasteiger partial charge in [0.1, 0.15) is 17.4 Å². The Bertz CT molecular complexity index is 1030. The topological polar surface area (TPSA) is 126 Å². The molecule has 5 N–H and O–H groups in total. The van der Waals surface area contributed by atoms with Gasteiger partial charge in [0.15, 0.2) is 0 Å². The predicted molar refractivity (Wildman–Crippen MR) is 108 cm³/mol. The zero-order valence-corrected chi connectivity index (χ0v) is 16.1. The molecule has 0 bridgehead atoms. The zero-order chi connectivity index (χ0) is 22.4. The van der Waals surface area contributed by atoms with E-state index in [0.717, 1.165) is 16.8 Å². The van der Waals surface area contributed by atoms with Gasteiger partial charge in [-0.05, 0) is 17.7 Å².